The van der Waals surface area contributed by atoms with Crippen LogP contribution in [0.3, 0.4) is 0 Å². The van der Waals surface area contributed by atoms with E-state index < -0.39 is 0 Å². The van der Waals surface area contributed by atoms with Crippen molar-refractivity contribution in [2.75, 3.05) is 0 Å². The van der Waals surface area contributed by atoms with E-state index in [9.17, 15) is 0 Å². The molecule has 0 aliphatic rings. The van der Waals surface area contributed by atoms with E-state index in [0.29, 0.717) is 0 Å². The average Bonchev–Trinajstić information content (AvgIpc) is 2.60. The molecule has 3 nitrogen and oxygen atoms in total. The van der Waals surface area contributed by atoms with Gasteiger partial charge in [0.2, 0.25) is 0 Å². The van der Waals surface area contributed by atoms with Crippen LogP contribution >= 0.6 is 0 Å². The molecule has 13 heavy (non-hydrogen) atoms. The van der Waals surface area contributed by atoms with Crippen molar-refractivity contribution in [3.05, 3.63) is 18.0 Å². The van der Waals surface area contributed by atoms with Gasteiger partial charge in [-0.3, -0.25) is 4.68 Å². The van der Waals surface area contributed by atoms with E-state index in [2.05, 4.69) is 12.0 Å². The van der Waals surface area contributed by atoms with E-state index in [0.717, 1.165) is 12.1 Å². The van der Waals surface area contributed by atoms with Gasteiger partial charge < -0.3 is 5.11 Å². The maximum Gasteiger partial charge on any atom is 0.0712 e. The van der Waals surface area contributed by atoms with Crippen molar-refractivity contribution in [2.24, 2.45) is 0 Å². The molecule has 0 aliphatic carbocycles. The normalized spacial score (nSPS) is 10.6. The molecule has 1 rings (SSSR count). The molecule has 0 amide bonds. The second-order valence-electron chi connectivity index (χ2n) is 3.33. The molecule has 1 N–H and O–H groups in total. The van der Waals surface area contributed by atoms with Crippen LogP contribution in [0.1, 0.15) is 38.2 Å². The van der Waals surface area contributed by atoms with Gasteiger partial charge in [0.25, 0.3) is 0 Å². The zero-order valence-corrected chi connectivity index (χ0v) is 8.24. The molecule has 1 aromatic heterocycles. The summed E-state index contributed by atoms with van der Waals surface area (Å²) in [6.07, 6.45) is 8.64. The summed E-state index contributed by atoms with van der Waals surface area (Å²) in [5, 5.41) is 12.9. The molecule has 0 bridgehead atoms. The number of hydrogen-bond donors (Lipinski definition) is 1. The molecule has 0 fully saturated rings. The summed E-state index contributed by atoms with van der Waals surface area (Å²) < 4.78 is 1.90. The summed E-state index contributed by atoms with van der Waals surface area (Å²) in [4.78, 5) is 0. The lowest BCUT2D eigenvalue weighted by molar-refractivity contribution is 0.281. The molecule has 0 spiro atoms. The number of nitrogens with zero attached hydrogens (tertiary/aromatic N) is 2. The Morgan fingerprint density at radius 1 is 1.38 bits per heavy atom. The Balaban J connectivity index is 2.20. The highest BCUT2D eigenvalue weighted by Gasteiger charge is 1.95. The standard InChI is InChI=1S/C10H18N2O/c1-2-3-4-5-6-12-8-10(9-13)7-11-12/h7-8,13H,2-6,9H2,1H3. The molecular weight excluding hydrogens is 164 g/mol. The summed E-state index contributed by atoms with van der Waals surface area (Å²) in [5.41, 5.74) is 0.899. The highest BCUT2D eigenvalue weighted by Crippen LogP contribution is 2.02. The largest absolute Gasteiger partial charge is 0.392 e. The van der Waals surface area contributed by atoms with Crippen LogP contribution < -0.4 is 0 Å². The average molecular weight is 182 g/mol. The predicted molar refractivity (Wildman–Crippen MR) is 52.3 cm³/mol. The van der Waals surface area contributed by atoms with Crippen molar-refractivity contribution in [1.29, 1.82) is 0 Å². The van der Waals surface area contributed by atoms with Crippen LogP contribution in [-0.2, 0) is 13.2 Å². The van der Waals surface area contributed by atoms with E-state index in [-0.39, 0.29) is 6.61 Å². The maximum absolute atomic E-state index is 8.81. The molecule has 0 aromatic carbocycles. The number of aliphatic hydroxyl groups excluding tert-OH is 1. The fraction of sp³-hybridized carbons (Fsp3) is 0.700. The summed E-state index contributed by atoms with van der Waals surface area (Å²) >= 11 is 0. The van der Waals surface area contributed by atoms with Crippen molar-refractivity contribution in [2.45, 2.75) is 45.8 Å². The molecule has 0 atom stereocenters. The van der Waals surface area contributed by atoms with Crippen LogP contribution in [-0.4, -0.2) is 14.9 Å². The van der Waals surface area contributed by atoms with Gasteiger partial charge in [-0.15, -0.1) is 0 Å². The second-order valence-corrected chi connectivity index (χ2v) is 3.33. The number of aryl methyl sites for hydroxylation is 1. The van der Waals surface area contributed by atoms with Crippen molar-refractivity contribution < 1.29 is 5.11 Å². The third-order valence-corrected chi connectivity index (χ3v) is 2.11. The minimum absolute atomic E-state index is 0.0922. The highest BCUT2D eigenvalue weighted by atomic mass is 16.3. The van der Waals surface area contributed by atoms with Crippen LogP contribution in [0.15, 0.2) is 12.4 Å². The molecule has 3 heteroatoms. The Morgan fingerprint density at radius 2 is 2.23 bits per heavy atom. The van der Waals surface area contributed by atoms with E-state index in [1.165, 1.54) is 25.7 Å². The summed E-state index contributed by atoms with van der Waals surface area (Å²) in [6, 6.07) is 0. The summed E-state index contributed by atoms with van der Waals surface area (Å²) in [6.45, 7) is 3.27. The van der Waals surface area contributed by atoms with Crippen molar-refractivity contribution in [3.8, 4) is 0 Å². The number of hydrogen-bond acceptors (Lipinski definition) is 2. The topological polar surface area (TPSA) is 38.0 Å². The lowest BCUT2D eigenvalue weighted by Gasteiger charge is -1.99. The fourth-order valence-electron chi connectivity index (χ4n) is 1.31. The van der Waals surface area contributed by atoms with E-state index in [1.807, 2.05) is 10.9 Å². The van der Waals surface area contributed by atoms with Gasteiger partial charge in [-0.25, -0.2) is 0 Å². The zero-order chi connectivity index (χ0) is 9.52. The van der Waals surface area contributed by atoms with Gasteiger partial charge in [0.1, 0.15) is 0 Å². The quantitative estimate of drug-likeness (QED) is 0.683. The van der Waals surface area contributed by atoms with Crippen LogP contribution in [0.5, 0.6) is 0 Å². The van der Waals surface area contributed by atoms with E-state index in [1.54, 1.807) is 6.20 Å². The first kappa shape index (κ1) is 10.3. The Labute approximate surface area is 79.4 Å². The van der Waals surface area contributed by atoms with Gasteiger partial charge in [-0.05, 0) is 6.42 Å². The van der Waals surface area contributed by atoms with Crippen molar-refractivity contribution in [3.63, 3.8) is 0 Å². The predicted octanol–water partition coefficient (Wildman–Crippen LogP) is 1.96. The number of aliphatic hydroxyl groups is 1. The van der Waals surface area contributed by atoms with Gasteiger partial charge >= 0.3 is 0 Å². The van der Waals surface area contributed by atoms with Crippen molar-refractivity contribution >= 4 is 0 Å². The molecular formula is C10H18N2O. The van der Waals surface area contributed by atoms with Gasteiger partial charge in [0.15, 0.2) is 0 Å². The Morgan fingerprint density at radius 3 is 2.85 bits per heavy atom. The van der Waals surface area contributed by atoms with Crippen LogP contribution in [0.2, 0.25) is 0 Å². The molecule has 0 saturated heterocycles. The Kier molecular flexibility index (Phi) is 4.54. The van der Waals surface area contributed by atoms with E-state index in [4.69, 9.17) is 5.11 Å². The SMILES string of the molecule is CCCCCCn1cc(CO)cn1. The van der Waals surface area contributed by atoms with Crippen LogP contribution in [0.4, 0.5) is 0 Å². The third kappa shape index (κ3) is 3.59. The first-order valence-corrected chi connectivity index (χ1v) is 4.99. The molecule has 1 aromatic rings. The second kappa shape index (κ2) is 5.75. The number of aromatic nitrogens is 2. The maximum atomic E-state index is 8.81. The minimum atomic E-state index is 0.0922. The first-order chi connectivity index (χ1) is 6.36. The Hall–Kier alpha value is -0.830. The van der Waals surface area contributed by atoms with Crippen molar-refractivity contribution in [1.82, 2.24) is 9.78 Å². The lowest BCUT2D eigenvalue weighted by atomic mass is 10.2. The smallest absolute Gasteiger partial charge is 0.0712 e. The highest BCUT2D eigenvalue weighted by molar-refractivity contribution is 5.01. The third-order valence-electron chi connectivity index (χ3n) is 2.11. The molecule has 74 valence electrons. The van der Waals surface area contributed by atoms with Gasteiger partial charge in [-0.1, -0.05) is 26.2 Å². The summed E-state index contributed by atoms with van der Waals surface area (Å²) in [7, 11) is 0. The van der Waals surface area contributed by atoms with Crippen LogP contribution in [0, 0.1) is 0 Å². The molecule has 0 saturated carbocycles. The van der Waals surface area contributed by atoms with Gasteiger partial charge in [0.05, 0.1) is 12.8 Å². The van der Waals surface area contributed by atoms with E-state index >= 15 is 0 Å². The van der Waals surface area contributed by atoms with Gasteiger partial charge in [0, 0.05) is 18.3 Å². The lowest BCUT2D eigenvalue weighted by Crippen LogP contribution is -1.97. The van der Waals surface area contributed by atoms with Gasteiger partial charge in [-0.2, -0.15) is 5.10 Å². The summed E-state index contributed by atoms with van der Waals surface area (Å²) in [5.74, 6) is 0. The first-order valence-electron chi connectivity index (χ1n) is 4.99. The van der Waals surface area contributed by atoms with Crippen LogP contribution in [0.25, 0.3) is 0 Å². The Bertz CT molecular complexity index is 233. The number of unbranched alkanes of at least 4 members (excludes halogenated alkanes) is 3. The minimum Gasteiger partial charge on any atom is -0.392 e. The molecule has 0 unspecified atom stereocenters. The molecule has 0 radical (unpaired) electrons. The monoisotopic (exact) mass is 182 g/mol. The molecule has 0 aliphatic heterocycles. The fourth-order valence-corrected chi connectivity index (χ4v) is 1.31. The molecule has 1 heterocycles. The number of rotatable bonds is 6. The zero-order valence-electron chi connectivity index (χ0n) is 8.24.